The minimum Gasteiger partial charge on any atom is -0.384 e. The van der Waals surface area contributed by atoms with Crippen molar-refractivity contribution in [2.24, 2.45) is 0 Å². The van der Waals surface area contributed by atoms with E-state index >= 15 is 0 Å². The lowest BCUT2D eigenvalue weighted by molar-refractivity contribution is 0.218. The van der Waals surface area contributed by atoms with E-state index in [1.807, 2.05) is 27.7 Å². The van der Waals surface area contributed by atoms with Crippen molar-refractivity contribution in [3.63, 3.8) is 0 Å². The zero-order valence-corrected chi connectivity index (χ0v) is 11.8. The van der Waals surface area contributed by atoms with E-state index in [-0.39, 0.29) is 5.82 Å². The van der Waals surface area contributed by atoms with E-state index in [9.17, 15) is 9.50 Å². The molecule has 1 nitrogen and oxygen atoms in total. The van der Waals surface area contributed by atoms with E-state index < -0.39 is 6.10 Å². The van der Waals surface area contributed by atoms with Crippen LogP contribution in [0.15, 0.2) is 30.3 Å². The highest BCUT2D eigenvalue weighted by Gasteiger charge is 2.18. The van der Waals surface area contributed by atoms with Gasteiger partial charge in [0.1, 0.15) is 11.9 Å². The first kappa shape index (κ1) is 13.8. The highest BCUT2D eigenvalue weighted by molar-refractivity contribution is 5.47. The molecule has 0 fully saturated rings. The third-order valence-corrected chi connectivity index (χ3v) is 3.88. The van der Waals surface area contributed by atoms with Crippen molar-refractivity contribution in [2.45, 2.75) is 33.8 Å². The molecule has 0 saturated heterocycles. The maximum absolute atomic E-state index is 13.0. The predicted octanol–water partition coefficient (Wildman–Crippen LogP) is 4.14. The molecule has 0 heterocycles. The highest BCUT2D eigenvalue weighted by Crippen LogP contribution is 2.31. The lowest BCUT2D eigenvalue weighted by atomic mass is 9.88. The van der Waals surface area contributed by atoms with Gasteiger partial charge in [0.15, 0.2) is 0 Å². The Labute approximate surface area is 113 Å². The van der Waals surface area contributed by atoms with Gasteiger partial charge in [0, 0.05) is 0 Å². The van der Waals surface area contributed by atoms with Crippen LogP contribution in [0.4, 0.5) is 4.39 Å². The molecule has 0 spiro atoms. The van der Waals surface area contributed by atoms with Crippen LogP contribution in [0.25, 0.3) is 0 Å². The molecule has 0 radical (unpaired) electrons. The zero-order valence-electron chi connectivity index (χ0n) is 11.8. The van der Waals surface area contributed by atoms with Crippen LogP contribution in [0.2, 0.25) is 0 Å². The molecular weight excluding hydrogens is 239 g/mol. The van der Waals surface area contributed by atoms with Crippen LogP contribution < -0.4 is 0 Å². The Kier molecular flexibility index (Phi) is 3.72. The lowest BCUT2D eigenvalue weighted by Crippen LogP contribution is -2.07. The first-order chi connectivity index (χ1) is 8.91. The Hall–Kier alpha value is -1.67. The van der Waals surface area contributed by atoms with Gasteiger partial charge in [0.25, 0.3) is 0 Å². The summed E-state index contributed by atoms with van der Waals surface area (Å²) in [4.78, 5) is 0. The van der Waals surface area contributed by atoms with Gasteiger partial charge in [-0.2, -0.15) is 0 Å². The van der Waals surface area contributed by atoms with Crippen molar-refractivity contribution in [2.75, 3.05) is 0 Å². The first-order valence-electron chi connectivity index (χ1n) is 6.42. The molecule has 2 heteroatoms. The number of halogens is 1. The van der Waals surface area contributed by atoms with Crippen LogP contribution in [0, 0.1) is 33.5 Å². The highest BCUT2D eigenvalue weighted by atomic mass is 19.1. The van der Waals surface area contributed by atoms with Gasteiger partial charge in [-0.1, -0.05) is 18.2 Å². The molecule has 0 bridgehead atoms. The van der Waals surface area contributed by atoms with E-state index in [1.165, 1.54) is 23.3 Å². The van der Waals surface area contributed by atoms with Gasteiger partial charge >= 0.3 is 0 Å². The second-order valence-electron chi connectivity index (χ2n) is 5.13. The Bertz CT molecular complexity index is 573. The smallest absolute Gasteiger partial charge is 0.123 e. The summed E-state index contributed by atoms with van der Waals surface area (Å²) >= 11 is 0. The maximum Gasteiger partial charge on any atom is 0.123 e. The fourth-order valence-corrected chi connectivity index (χ4v) is 2.47. The number of benzene rings is 2. The summed E-state index contributed by atoms with van der Waals surface area (Å²) in [5.41, 5.74) is 6.18. The molecule has 1 N–H and O–H groups in total. The molecule has 0 aromatic heterocycles. The molecule has 2 aromatic carbocycles. The van der Waals surface area contributed by atoms with Crippen molar-refractivity contribution in [1.82, 2.24) is 0 Å². The van der Waals surface area contributed by atoms with Gasteiger partial charge in [0.05, 0.1) is 0 Å². The Morgan fingerprint density at radius 3 is 1.84 bits per heavy atom. The summed E-state index contributed by atoms with van der Waals surface area (Å²) in [6.45, 7) is 8.12. The fraction of sp³-hybridized carbons (Fsp3) is 0.294. The van der Waals surface area contributed by atoms with Crippen LogP contribution in [0.1, 0.15) is 39.5 Å². The average molecular weight is 258 g/mol. The summed E-state index contributed by atoms with van der Waals surface area (Å²) in [5.74, 6) is -0.287. The molecule has 100 valence electrons. The van der Waals surface area contributed by atoms with E-state index in [0.29, 0.717) is 0 Å². The maximum atomic E-state index is 13.0. The van der Waals surface area contributed by atoms with Crippen LogP contribution >= 0.6 is 0 Å². The third kappa shape index (κ3) is 2.54. The van der Waals surface area contributed by atoms with Gasteiger partial charge < -0.3 is 5.11 Å². The van der Waals surface area contributed by atoms with E-state index in [4.69, 9.17) is 0 Å². The van der Waals surface area contributed by atoms with Crippen LogP contribution in [0.3, 0.4) is 0 Å². The van der Waals surface area contributed by atoms with Gasteiger partial charge in [-0.3, -0.25) is 0 Å². The van der Waals surface area contributed by atoms with Gasteiger partial charge in [-0.05, 0) is 73.2 Å². The van der Waals surface area contributed by atoms with E-state index in [1.54, 1.807) is 12.1 Å². The number of aliphatic hydroxyl groups is 1. The number of hydrogen-bond donors (Lipinski definition) is 1. The summed E-state index contributed by atoms with van der Waals surface area (Å²) < 4.78 is 13.0. The molecule has 19 heavy (non-hydrogen) atoms. The molecule has 0 aliphatic carbocycles. The van der Waals surface area contributed by atoms with E-state index in [0.717, 1.165) is 22.3 Å². The predicted molar refractivity (Wildman–Crippen MR) is 75.9 cm³/mol. The third-order valence-electron chi connectivity index (χ3n) is 3.88. The molecule has 0 saturated carbocycles. The van der Waals surface area contributed by atoms with Crippen molar-refractivity contribution in [3.8, 4) is 0 Å². The Morgan fingerprint density at radius 1 is 0.895 bits per heavy atom. The minimum atomic E-state index is -0.709. The van der Waals surface area contributed by atoms with Crippen molar-refractivity contribution >= 4 is 0 Å². The zero-order chi connectivity index (χ0) is 14.2. The molecule has 0 aliphatic rings. The SMILES string of the molecule is Cc1cc(C)c(C)c(C(O)c2ccc(F)cc2)c1C. The standard InChI is InChI=1S/C17H19FO/c1-10-9-11(2)13(4)16(12(10)3)17(19)14-5-7-15(18)8-6-14/h5-9,17,19H,1-4H3. The van der Waals surface area contributed by atoms with Gasteiger partial charge in [-0.25, -0.2) is 4.39 Å². The second kappa shape index (κ2) is 5.14. The van der Waals surface area contributed by atoms with Crippen molar-refractivity contribution < 1.29 is 9.50 Å². The first-order valence-corrected chi connectivity index (χ1v) is 6.42. The summed E-state index contributed by atoms with van der Waals surface area (Å²) in [7, 11) is 0. The minimum absolute atomic E-state index is 0.287. The summed E-state index contributed by atoms with van der Waals surface area (Å²) in [6.07, 6.45) is -0.709. The van der Waals surface area contributed by atoms with Crippen molar-refractivity contribution in [3.05, 3.63) is 69.5 Å². The normalized spacial score (nSPS) is 12.5. The largest absolute Gasteiger partial charge is 0.384 e. The lowest BCUT2D eigenvalue weighted by Gasteiger charge is -2.20. The summed E-state index contributed by atoms with van der Waals surface area (Å²) in [5, 5.41) is 10.6. The monoisotopic (exact) mass is 258 g/mol. The molecule has 1 atom stereocenters. The van der Waals surface area contributed by atoms with Crippen LogP contribution in [-0.4, -0.2) is 5.11 Å². The molecular formula is C17H19FO. The summed E-state index contributed by atoms with van der Waals surface area (Å²) in [6, 6.07) is 8.16. The van der Waals surface area contributed by atoms with Crippen molar-refractivity contribution in [1.29, 1.82) is 0 Å². The second-order valence-corrected chi connectivity index (χ2v) is 5.13. The number of aryl methyl sites for hydroxylation is 2. The Balaban J connectivity index is 2.55. The van der Waals surface area contributed by atoms with E-state index in [2.05, 4.69) is 6.07 Å². The molecule has 2 aromatic rings. The number of rotatable bonds is 2. The number of hydrogen-bond acceptors (Lipinski definition) is 1. The molecule has 2 rings (SSSR count). The molecule has 1 unspecified atom stereocenters. The quantitative estimate of drug-likeness (QED) is 0.858. The molecule has 0 aliphatic heterocycles. The topological polar surface area (TPSA) is 20.2 Å². The van der Waals surface area contributed by atoms with Crippen LogP contribution in [-0.2, 0) is 0 Å². The molecule has 0 amide bonds. The fourth-order valence-electron chi connectivity index (χ4n) is 2.47. The van der Waals surface area contributed by atoms with Gasteiger partial charge in [0.2, 0.25) is 0 Å². The number of aliphatic hydroxyl groups excluding tert-OH is 1. The van der Waals surface area contributed by atoms with Gasteiger partial charge in [-0.15, -0.1) is 0 Å². The average Bonchev–Trinajstić information content (AvgIpc) is 2.37. The Morgan fingerprint density at radius 2 is 1.37 bits per heavy atom. The van der Waals surface area contributed by atoms with Crippen LogP contribution in [0.5, 0.6) is 0 Å².